The van der Waals surface area contributed by atoms with Crippen molar-refractivity contribution < 1.29 is 9.90 Å². The minimum Gasteiger partial charge on any atom is -0.380 e. The molecule has 0 aromatic heterocycles. The van der Waals surface area contributed by atoms with E-state index in [-0.39, 0.29) is 5.78 Å². The summed E-state index contributed by atoms with van der Waals surface area (Å²) in [6.45, 7) is 3.81. The molecule has 0 spiro atoms. The number of hydrogen-bond acceptors (Lipinski definition) is 2. The quantitative estimate of drug-likeness (QED) is 0.815. The molecule has 0 aliphatic heterocycles. The lowest BCUT2D eigenvalue weighted by atomic mass is 9.97. The predicted octanol–water partition coefficient (Wildman–Crippen LogP) is 2.79. The van der Waals surface area contributed by atoms with E-state index in [0.29, 0.717) is 16.7 Å². The maximum absolute atomic E-state index is 12.0. The van der Waals surface area contributed by atoms with Crippen LogP contribution in [0.25, 0.3) is 0 Å². The number of aliphatic hydroxyl groups excluding tert-OH is 1. The van der Waals surface area contributed by atoms with Crippen LogP contribution in [0.3, 0.4) is 0 Å². The molecule has 0 aliphatic carbocycles. The maximum Gasteiger partial charge on any atom is 0.195 e. The molecule has 1 radical (unpaired) electrons. The van der Waals surface area contributed by atoms with Crippen LogP contribution in [0.1, 0.15) is 27.6 Å². The van der Waals surface area contributed by atoms with Crippen molar-refractivity contribution >= 4 is 5.78 Å². The summed E-state index contributed by atoms with van der Waals surface area (Å²) in [5, 5.41) is 10.0. The van der Waals surface area contributed by atoms with Gasteiger partial charge >= 0.3 is 0 Å². The smallest absolute Gasteiger partial charge is 0.195 e. The van der Waals surface area contributed by atoms with Crippen molar-refractivity contribution in [2.45, 2.75) is 6.10 Å². The number of benzene rings is 2. The molecule has 85 valence electrons. The number of hydrogen-bond donors (Lipinski definition) is 1. The lowest BCUT2D eigenvalue weighted by Crippen LogP contribution is -2.13. The van der Waals surface area contributed by atoms with Crippen LogP contribution in [0.2, 0.25) is 0 Å². The van der Waals surface area contributed by atoms with Gasteiger partial charge in [-0.15, -0.1) is 0 Å². The standard InChI is InChI=1S/C15H13O2/c1-11-7-5-6-10-13(11)15(17)14(16)12-8-3-2-4-9-12/h2-10,15,17H,1H2. The Balaban J connectivity index is 2.30. The highest BCUT2D eigenvalue weighted by atomic mass is 16.3. The first-order valence-corrected chi connectivity index (χ1v) is 5.38. The van der Waals surface area contributed by atoms with Gasteiger partial charge in [-0.3, -0.25) is 4.79 Å². The molecule has 1 N–H and O–H groups in total. The van der Waals surface area contributed by atoms with Crippen LogP contribution in [0.5, 0.6) is 0 Å². The number of rotatable bonds is 3. The van der Waals surface area contributed by atoms with Crippen molar-refractivity contribution in [2.75, 3.05) is 0 Å². The first kappa shape index (κ1) is 11.6. The average molecular weight is 225 g/mol. The summed E-state index contributed by atoms with van der Waals surface area (Å²) >= 11 is 0. The van der Waals surface area contributed by atoms with Crippen molar-refractivity contribution in [3.8, 4) is 0 Å². The Morgan fingerprint density at radius 2 is 1.59 bits per heavy atom. The van der Waals surface area contributed by atoms with Crippen molar-refractivity contribution in [3.05, 3.63) is 78.2 Å². The summed E-state index contributed by atoms with van der Waals surface area (Å²) in [4.78, 5) is 12.0. The van der Waals surface area contributed by atoms with E-state index in [1.54, 1.807) is 42.5 Å². The normalized spacial score (nSPS) is 12.1. The first-order chi connectivity index (χ1) is 8.20. The SMILES string of the molecule is [CH2]c1ccccc1C(O)C(=O)c1ccccc1. The third-order valence-electron chi connectivity index (χ3n) is 2.66. The van der Waals surface area contributed by atoms with Crippen LogP contribution in [0, 0.1) is 6.92 Å². The number of aliphatic hydroxyl groups is 1. The molecule has 2 aromatic carbocycles. The van der Waals surface area contributed by atoms with E-state index in [2.05, 4.69) is 6.92 Å². The van der Waals surface area contributed by atoms with Crippen molar-refractivity contribution in [2.24, 2.45) is 0 Å². The Labute approximate surface area is 101 Å². The Kier molecular flexibility index (Phi) is 3.35. The molecule has 2 aromatic rings. The van der Waals surface area contributed by atoms with Crippen molar-refractivity contribution in [3.63, 3.8) is 0 Å². The van der Waals surface area contributed by atoms with Gasteiger partial charge < -0.3 is 5.11 Å². The van der Waals surface area contributed by atoms with E-state index < -0.39 is 6.10 Å². The largest absolute Gasteiger partial charge is 0.380 e. The fraction of sp³-hybridized carbons (Fsp3) is 0.0667. The Bertz CT molecular complexity index is 517. The van der Waals surface area contributed by atoms with Gasteiger partial charge in [-0.1, -0.05) is 54.6 Å². The summed E-state index contributed by atoms with van der Waals surface area (Å²) in [5.41, 5.74) is 1.73. The monoisotopic (exact) mass is 225 g/mol. The maximum atomic E-state index is 12.0. The van der Waals surface area contributed by atoms with Crippen LogP contribution in [-0.2, 0) is 0 Å². The fourth-order valence-electron chi connectivity index (χ4n) is 1.70. The zero-order chi connectivity index (χ0) is 12.3. The van der Waals surface area contributed by atoms with Gasteiger partial charge in [-0.05, 0) is 18.1 Å². The van der Waals surface area contributed by atoms with E-state index in [9.17, 15) is 9.90 Å². The average Bonchev–Trinajstić information content (AvgIpc) is 2.39. The van der Waals surface area contributed by atoms with E-state index in [1.807, 2.05) is 12.1 Å². The topological polar surface area (TPSA) is 37.3 Å². The van der Waals surface area contributed by atoms with Crippen LogP contribution in [0.4, 0.5) is 0 Å². The molecular formula is C15H13O2. The third kappa shape index (κ3) is 2.43. The summed E-state index contributed by atoms with van der Waals surface area (Å²) in [7, 11) is 0. The van der Waals surface area contributed by atoms with Gasteiger partial charge in [0, 0.05) is 5.56 Å². The summed E-state index contributed by atoms with van der Waals surface area (Å²) < 4.78 is 0. The molecule has 2 heteroatoms. The van der Waals surface area contributed by atoms with Gasteiger partial charge in [-0.2, -0.15) is 0 Å². The van der Waals surface area contributed by atoms with Crippen LogP contribution in [0.15, 0.2) is 54.6 Å². The molecule has 0 aliphatic rings. The highest BCUT2D eigenvalue weighted by molar-refractivity contribution is 6.00. The Hall–Kier alpha value is -1.93. The molecule has 17 heavy (non-hydrogen) atoms. The van der Waals surface area contributed by atoms with Crippen LogP contribution < -0.4 is 0 Å². The second kappa shape index (κ2) is 4.93. The summed E-state index contributed by atoms with van der Waals surface area (Å²) in [5.74, 6) is -0.304. The summed E-state index contributed by atoms with van der Waals surface area (Å²) in [6, 6.07) is 15.9. The summed E-state index contributed by atoms with van der Waals surface area (Å²) in [6.07, 6.45) is -1.15. The highest BCUT2D eigenvalue weighted by Crippen LogP contribution is 2.21. The zero-order valence-corrected chi connectivity index (χ0v) is 9.34. The molecule has 1 atom stereocenters. The van der Waals surface area contributed by atoms with Crippen molar-refractivity contribution in [1.82, 2.24) is 0 Å². The van der Waals surface area contributed by atoms with E-state index >= 15 is 0 Å². The van der Waals surface area contributed by atoms with Gasteiger partial charge in [0.05, 0.1) is 0 Å². The Morgan fingerprint density at radius 3 is 2.24 bits per heavy atom. The second-order valence-electron chi connectivity index (χ2n) is 3.83. The number of Topliss-reactive ketones (excluding diaryl/α,β-unsaturated/α-hetero) is 1. The molecule has 0 fully saturated rings. The molecule has 2 nitrogen and oxygen atoms in total. The number of carbonyl (C=O) groups excluding carboxylic acids is 1. The molecule has 0 bridgehead atoms. The minimum atomic E-state index is -1.15. The zero-order valence-electron chi connectivity index (χ0n) is 9.34. The molecule has 1 unspecified atom stereocenters. The highest BCUT2D eigenvalue weighted by Gasteiger charge is 2.19. The predicted molar refractivity (Wildman–Crippen MR) is 66.6 cm³/mol. The lowest BCUT2D eigenvalue weighted by Gasteiger charge is -2.12. The van der Waals surface area contributed by atoms with E-state index in [4.69, 9.17) is 0 Å². The lowest BCUT2D eigenvalue weighted by molar-refractivity contribution is 0.0747. The van der Waals surface area contributed by atoms with Gasteiger partial charge in [0.15, 0.2) is 5.78 Å². The minimum absolute atomic E-state index is 0.304. The number of ketones is 1. The molecular weight excluding hydrogens is 212 g/mol. The molecule has 0 heterocycles. The van der Waals surface area contributed by atoms with Gasteiger partial charge in [0.2, 0.25) is 0 Å². The van der Waals surface area contributed by atoms with Crippen LogP contribution in [-0.4, -0.2) is 10.9 Å². The molecule has 2 rings (SSSR count). The molecule has 0 amide bonds. The second-order valence-corrected chi connectivity index (χ2v) is 3.83. The van der Waals surface area contributed by atoms with Crippen molar-refractivity contribution in [1.29, 1.82) is 0 Å². The third-order valence-corrected chi connectivity index (χ3v) is 2.66. The van der Waals surface area contributed by atoms with E-state index in [0.717, 1.165) is 0 Å². The molecule has 0 saturated heterocycles. The van der Waals surface area contributed by atoms with Crippen LogP contribution >= 0.6 is 0 Å². The number of carbonyl (C=O) groups is 1. The molecule has 0 saturated carbocycles. The van der Waals surface area contributed by atoms with Gasteiger partial charge in [0.25, 0.3) is 0 Å². The fourth-order valence-corrected chi connectivity index (χ4v) is 1.70. The van der Waals surface area contributed by atoms with E-state index in [1.165, 1.54) is 0 Å². The first-order valence-electron chi connectivity index (χ1n) is 5.38. The Morgan fingerprint density at radius 1 is 1.00 bits per heavy atom. The van der Waals surface area contributed by atoms with Gasteiger partial charge in [0.1, 0.15) is 6.10 Å². The van der Waals surface area contributed by atoms with Gasteiger partial charge in [-0.25, -0.2) is 0 Å².